The Morgan fingerprint density at radius 3 is 2.47 bits per heavy atom. The van der Waals surface area contributed by atoms with Crippen LogP contribution in [0.15, 0.2) is 85.1 Å². The van der Waals surface area contributed by atoms with Gasteiger partial charge in [0, 0.05) is 41.2 Å². The Morgan fingerprint density at radius 2 is 1.79 bits per heavy atom. The molecule has 1 aliphatic heterocycles. The molecule has 1 saturated heterocycles. The summed E-state index contributed by atoms with van der Waals surface area (Å²) >= 11 is 6.07. The predicted octanol–water partition coefficient (Wildman–Crippen LogP) is 5.76. The molecule has 7 nitrogen and oxygen atoms in total. The number of amides is 2. The van der Waals surface area contributed by atoms with Gasteiger partial charge in [-0.25, -0.2) is 4.98 Å². The smallest absolute Gasteiger partial charge is 0.254 e. The van der Waals surface area contributed by atoms with E-state index in [1.807, 2.05) is 72.3 Å². The number of aryl methyl sites for hydroxylation is 1. The van der Waals surface area contributed by atoms with Gasteiger partial charge in [-0.05, 0) is 56.2 Å². The van der Waals surface area contributed by atoms with Gasteiger partial charge in [0.1, 0.15) is 6.54 Å². The molecule has 194 valence electrons. The molecule has 2 amide bonds. The average Bonchev–Trinajstić information content (AvgIpc) is 3.59. The van der Waals surface area contributed by atoms with E-state index in [0.29, 0.717) is 35.4 Å². The molecule has 0 radical (unpaired) electrons. The van der Waals surface area contributed by atoms with Crippen molar-refractivity contribution in [2.75, 3.05) is 25.0 Å². The van der Waals surface area contributed by atoms with Crippen LogP contribution in [-0.2, 0) is 9.53 Å². The Labute approximate surface area is 227 Å². The zero-order valence-corrected chi connectivity index (χ0v) is 21.9. The average molecular weight is 529 g/mol. The van der Waals surface area contributed by atoms with E-state index in [0.717, 1.165) is 29.7 Å². The molecule has 0 aliphatic carbocycles. The molecule has 1 aromatic heterocycles. The lowest BCUT2D eigenvalue weighted by atomic mass is 10.1. The zero-order chi connectivity index (χ0) is 26.5. The van der Waals surface area contributed by atoms with Crippen LogP contribution in [0.4, 0.5) is 5.95 Å². The maximum Gasteiger partial charge on any atom is 0.254 e. The van der Waals surface area contributed by atoms with Gasteiger partial charge in [-0.1, -0.05) is 59.6 Å². The Hall–Kier alpha value is -3.94. The lowest BCUT2D eigenvalue weighted by Crippen LogP contribution is -2.42. The second kappa shape index (κ2) is 11.6. The molecule has 1 atom stereocenters. The van der Waals surface area contributed by atoms with Gasteiger partial charge in [-0.2, -0.15) is 0 Å². The second-order valence-corrected chi connectivity index (χ2v) is 9.83. The quantitative estimate of drug-likeness (QED) is 0.315. The van der Waals surface area contributed by atoms with Gasteiger partial charge in [0.15, 0.2) is 0 Å². The standard InChI is InChI=1S/C30H29ClN4O3/c1-21-9-15-25(16-10-21)35-19-27(22-11-13-24(31)14-12-22)32-30(35)33-28(36)20-34(18-26-8-5-17-38-26)29(37)23-6-3-2-4-7-23/h2-4,6-7,9-16,19,26H,5,8,17-18,20H2,1H3,(H,32,33,36). The van der Waals surface area contributed by atoms with Crippen LogP contribution in [0.25, 0.3) is 16.9 Å². The van der Waals surface area contributed by atoms with Crippen LogP contribution in [0, 0.1) is 6.92 Å². The summed E-state index contributed by atoms with van der Waals surface area (Å²) in [6, 6.07) is 24.3. The van der Waals surface area contributed by atoms with Gasteiger partial charge in [-0.3, -0.25) is 19.5 Å². The molecule has 1 aliphatic rings. The monoisotopic (exact) mass is 528 g/mol. The Morgan fingerprint density at radius 1 is 1.05 bits per heavy atom. The van der Waals surface area contributed by atoms with Crippen molar-refractivity contribution >= 4 is 29.4 Å². The van der Waals surface area contributed by atoms with E-state index in [4.69, 9.17) is 21.3 Å². The third-order valence-electron chi connectivity index (χ3n) is 6.50. The van der Waals surface area contributed by atoms with Crippen molar-refractivity contribution in [1.82, 2.24) is 14.5 Å². The number of imidazole rings is 1. The van der Waals surface area contributed by atoms with Crippen molar-refractivity contribution in [2.45, 2.75) is 25.9 Å². The van der Waals surface area contributed by atoms with Crippen molar-refractivity contribution in [3.05, 3.63) is 101 Å². The van der Waals surface area contributed by atoms with E-state index in [9.17, 15) is 9.59 Å². The first-order valence-electron chi connectivity index (χ1n) is 12.6. The normalized spacial score (nSPS) is 14.8. The van der Waals surface area contributed by atoms with Crippen molar-refractivity contribution in [1.29, 1.82) is 0 Å². The molecule has 0 spiro atoms. The van der Waals surface area contributed by atoms with Gasteiger partial charge in [0.05, 0.1) is 11.8 Å². The number of aromatic nitrogens is 2. The Bertz CT molecular complexity index is 1400. The Kier molecular flexibility index (Phi) is 7.86. The summed E-state index contributed by atoms with van der Waals surface area (Å²) in [5, 5.41) is 3.57. The van der Waals surface area contributed by atoms with Crippen LogP contribution in [0.1, 0.15) is 28.8 Å². The minimum absolute atomic E-state index is 0.0819. The van der Waals surface area contributed by atoms with Crippen molar-refractivity contribution in [2.24, 2.45) is 0 Å². The summed E-state index contributed by atoms with van der Waals surface area (Å²) in [5.74, 6) is -0.179. The van der Waals surface area contributed by atoms with E-state index in [-0.39, 0.29) is 24.5 Å². The molecular weight excluding hydrogens is 500 g/mol. The number of nitrogens with zero attached hydrogens (tertiary/aromatic N) is 3. The van der Waals surface area contributed by atoms with Crippen LogP contribution in [0.2, 0.25) is 5.02 Å². The summed E-state index contributed by atoms with van der Waals surface area (Å²) in [4.78, 5) is 32.9. The number of halogens is 1. The molecule has 1 unspecified atom stereocenters. The SMILES string of the molecule is Cc1ccc(-n2cc(-c3ccc(Cl)cc3)nc2NC(=O)CN(CC2CCCO2)C(=O)c2ccccc2)cc1. The maximum atomic E-state index is 13.3. The number of hydrogen-bond acceptors (Lipinski definition) is 4. The minimum atomic E-state index is -0.339. The number of nitrogens with one attached hydrogen (secondary N) is 1. The number of benzene rings is 3. The lowest BCUT2D eigenvalue weighted by molar-refractivity contribution is -0.117. The van der Waals surface area contributed by atoms with Crippen LogP contribution in [0.3, 0.4) is 0 Å². The summed E-state index contributed by atoms with van der Waals surface area (Å²) in [7, 11) is 0. The summed E-state index contributed by atoms with van der Waals surface area (Å²) < 4.78 is 7.60. The first-order chi connectivity index (χ1) is 18.5. The molecule has 1 N–H and O–H groups in total. The summed E-state index contributed by atoms with van der Waals surface area (Å²) in [5.41, 5.74) is 4.07. The highest BCUT2D eigenvalue weighted by Crippen LogP contribution is 2.26. The summed E-state index contributed by atoms with van der Waals surface area (Å²) in [6.45, 7) is 2.92. The molecule has 4 aromatic rings. The van der Waals surface area contributed by atoms with E-state index in [2.05, 4.69) is 5.32 Å². The number of carbonyl (C=O) groups excluding carboxylic acids is 2. The lowest BCUT2D eigenvalue weighted by Gasteiger charge is -2.25. The first kappa shape index (κ1) is 25.7. The number of rotatable bonds is 8. The van der Waals surface area contributed by atoms with Gasteiger partial charge in [0.2, 0.25) is 11.9 Å². The molecular formula is C30H29ClN4O3. The fraction of sp³-hybridized carbons (Fsp3) is 0.233. The molecule has 3 aromatic carbocycles. The zero-order valence-electron chi connectivity index (χ0n) is 21.1. The van der Waals surface area contributed by atoms with Gasteiger partial charge < -0.3 is 9.64 Å². The molecule has 0 saturated carbocycles. The van der Waals surface area contributed by atoms with Crippen LogP contribution < -0.4 is 5.32 Å². The number of ether oxygens (including phenoxy) is 1. The molecule has 8 heteroatoms. The topological polar surface area (TPSA) is 76.5 Å². The van der Waals surface area contributed by atoms with Gasteiger partial charge in [-0.15, -0.1) is 0 Å². The predicted molar refractivity (Wildman–Crippen MR) is 149 cm³/mol. The molecule has 0 bridgehead atoms. The number of anilines is 1. The van der Waals surface area contributed by atoms with E-state index >= 15 is 0 Å². The molecule has 1 fully saturated rings. The highest BCUT2D eigenvalue weighted by molar-refractivity contribution is 6.30. The van der Waals surface area contributed by atoms with E-state index < -0.39 is 0 Å². The van der Waals surface area contributed by atoms with Gasteiger partial charge >= 0.3 is 0 Å². The van der Waals surface area contributed by atoms with Gasteiger partial charge in [0.25, 0.3) is 5.91 Å². The first-order valence-corrected chi connectivity index (χ1v) is 13.0. The third-order valence-corrected chi connectivity index (χ3v) is 6.75. The minimum Gasteiger partial charge on any atom is -0.376 e. The van der Waals surface area contributed by atoms with Crippen LogP contribution in [0.5, 0.6) is 0 Å². The third kappa shape index (κ3) is 6.13. The highest BCUT2D eigenvalue weighted by Gasteiger charge is 2.26. The molecule has 2 heterocycles. The fourth-order valence-electron chi connectivity index (χ4n) is 4.48. The maximum absolute atomic E-state index is 13.3. The van der Waals surface area contributed by atoms with Crippen molar-refractivity contribution in [3.8, 4) is 16.9 Å². The number of carbonyl (C=O) groups is 2. The van der Waals surface area contributed by atoms with E-state index in [1.54, 1.807) is 29.2 Å². The van der Waals surface area contributed by atoms with Crippen LogP contribution >= 0.6 is 11.6 Å². The largest absolute Gasteiger partial charge is 0.376 e. The van der Waals surface area contributed by atoms with E-state index in [1.165, 1.54) is 0 Å². The Balaban J connectivity index is 1.41. The van der Waals surface area contributed by atoms with Crippen molar-refractivity contribution < 1.29 is 14.3 Å². The highest BCUT2D eigenvalue weighted by atomic mass is 35.5. The second-order valence-electron chi connectivity index (χ2n) is 9.40. The summed E-state index contributed by atoms with van der Waals surface area (Å²) in [6.07, 6.45) is 3.61. The fourth-order valence-corrected chi connectivity index (χ4v) is 4.61. The van der Waals surface area contributed by atoms with Crippen LogP contribution in [-0.4, -0.2) is 52.1 Å². The number of hydrogen-bond donors (Lipinski definition) is 1. The van der Waals surface area contributed by atoms with Crippen molar-refractivity contribution in [3.63, 3.8) is 0 Å². The molecule has 5 rings (SSSR count). The molecule has 38 heavy (non-hydrogen) atoms.